The summed E-state index contributed by atoms with van der Waals surface area (Å²) in [6.45, 7) is 2.70. The van der Waals surface area contributed by atoms with E-state index < -0.39 is 0 Å². The van der Waals surface area contributed by atoms with Gasteiger partial charge in [-0.15, -0.1) is 0 Å². The minimum Gasteiger partial charge on any atom is -0.396 e. The molecule has 1 N–H and O–H groups in total. The molecule has 1 unspecified atom stereocenters. The highest BCUT2D eigenvalue weighted by Gasteiger charge is 2.23. The van der Waals surface area contributed by atoms with Gasteiger partial charge in [-0.1, -0.05) is 71.1 Å². The normalized spacial score (nSPS) is 19.1. The third-order valence-corrected chi connectivity index (χ3v) is 4.23. The molecule has 16 heavy (non-hydrogen) atoms. The van der Waals surface area contributed by atoms with Crippen LogP contribution in [0.25, 0.3) is 0 Å². The maximum Gasteiger partial charge on any atom is 0.0461 e. The summed E-state index contributed by atoms with van der Waals surface area (Å²) < 4.78 is 0. The first-order valence-electron chi connectivity index (χ1n) is 7.49. The Hall–Kier alpha value is -0.0400. The average Bonchev–Trinajstić information content (AvgIpc) is 2.82. The maximum atomic E-state index is 9.43. The standard InChI is InChI=1S/C15H30O/c1-2-3-4-5-6-7-12-15(13-16)14-10-8-9-11-14/h14-16H,2-13H2,1H3. The fraction of sp³-hybridized carbons (Fsp3) is 1.00. The number of aliphatic hydroxyl groups is 1. The molecule has 0 aromatic carbocycles. The van der Waals surface area contributed by atoms with Crippen LogP contribution >= 0.6 is 0 Å². The summed E-state index contributed by atoms with van der Waals surface area (Å²) in [5.74, 6) is 1.47. The summed E-state index contributed by atoms with van der Waals surface area (Å²) in [5, 5.41) is 9.43. The van der Waals surface area contributed by atoms with Gasteiger partial charge < -0.3 is 5.11 Å². The highest BCUT2D eigenvalue weighted by atomic mass is 16.3. The number of hydrogen-bond donors (Lipinski definition) is 1. The van der Waals surface area contributed by atoms with Crippen LogP contribution in [0.2, 0.25) is 0 Å². The predicted octanol–water partition coefficient (Wildman–Crippen LogP) is 4.54. The van der Waals surface area contributed by atoms with Crippen LogP contribution in [0, 0.1) is 11.8 Å². The SMILES string of the molecule is CCCCCCCCC(CO)C1CCCC1. The molecule has 0 aromatic rings. The molecule has 0 radical (unpaired) electrons. The molecule has 1 aliphatic carbocycles. The van der Waals surface area contributed by atoms with E-state index in [1.807, 2.05) is 0 Å². The van der Waals surface area contributed by atoms with Crippen molar-refractivity contribution in [2.45, 2.75) is 77.6 Å². The third-order valence-electron chi connectivity index (χ3n) is 4.23. The molecule has 1 aliphatic rings. The van der Waals surface area contributed by atoms with Crippen LogP contribution in [0.4, 0.5) is 0 Å². The number of rotatable bonds is 9. The second-order valence-corrected chi connectivity index (χ2v) is 5.54. The Morgan fingerprint density at radius 1 is 1.00 bits per heavy atom. The smallest absolute Gasteiger partial charge is 0.0461 e. The van der Waals surface area contributed by atoms with Crippen molar-refractivity contribution < 1.29 is 5.11 Å². The molecule has 1 atom stereocenters. The Morgan fingerprint density at radius 3 is 2.25 bits per heavy atom. The molecule has 0 bridgehead atoms. The fourth-order valence-electron chi connectivity index (χ4n) is 3.09. The summed E-state index contributed by atoms with van der Waals surface area (Å²) >= 11 is 0. The summed E-state index contributed by atoms with van der Waals surface area (Å²) in [7, 11) is 0. The van der Waals surface area contributed by atoms with E-state index in [1.54, 1.807) is 0 Å². The first-order valence-corrected chi connectivity index (χ1v) is 7.49. The lowest BCUT2D eigenvalue weighted by molar-refractivity contribution is 0.165. The van der Waals surface area contributed by atoms with Crippen molar-refractivity contribution in [1.82, 2.24) is 0 Å². The van der Waals surface area contributed by atoms with Gasteiger partial charge in [0.05, 0.1) is 0 Å². The first kappa shape index (κ1) is 14.0. The molecule has 0 aliphatic heterocycles. The van der Waals surface area contributed by atoms with E-state index in [9.17, 15) is 5.11 Å². The Balaban J connectivity index is 2.00. The minimum atomic E-state index is 0.430. The third kappa shape index (κ3) is 5.34. The summed E-state index contributed by atoms with van der Waals surface area (Å²) in [6, 6.07) is 0. The Kier molecular flexibility index (Phi) is 7.92. The quantitative estimate of drug-likeness (QED) is 0.572. The maximum absolute atomic E-state index is 9.43. The zero-order valence-corrected chi connectivity index (χ0v) is 11.1. The lowest BCUT2D eigenvalue weighted by Gasteiger charge is -2.20. The van der Waals surface area contributed by atoms with E-state index >= 15 is 0 Å². The molecule has 1 saturated carbocycles. The average molecular weight is 226 g/mol. The van der Waals surface area contributed by atoms with Gasteiger partial charge in [0.1, 0.15) is 0 Å². The van der Waals surface area contributed by atoms with Crippen molar-refractivity contribution in [2.75, 3.05) is 6.61 Å². The molecule has 0 saturated heterocycles. The van der Waals surface area contributed by atoms with Gasteiger partial charge in [-0.25, -0.2) is 0 Å². The van der Waals surface area contributed by atoms with Crippen LogP contribution in [0.15, 0.2) is 0 Å². The van der Waals surface area contributed by atoms with E-state index in [4.69, 9.17) is 0 Å². The molecule has 96 valence electrons. The Bertz CT molecular complexity index is 150. The largest absolute Gasteiger partial charge is 0.396 e. The second-order valence-electron chi connectivity index (χ2n) is 5.54. The fourth-order valence-corrected chi connectivity index (χ4v) is 3.09. The van der Waals surface area contributed by atoms with Gasteiger partial charge in [0.25, 0.3) is 0 Å². The van der Waals surface area contributed by atoms with Gasteiger partial charge in [0.2, 0.25) is 0 Å². The van der Waals surface area contributed by atoms with Crippen molar-refractivity contribution in [1.29, 1.82) is 0 Å². The van der Waals surface area contributed by atoms with Crippen LogP contribution in [0.5, 0.6) is 0 Å². The molecule has 0 spiro atoms. The molecule has 0 heterocycles. The second kappa shape index (κ2) is 9.04. The van der Waals surface area contributed by atoms with E-state index in [2.05, 4.69) is 6.92 Å². The van der Waals surface area contributed by atoms with E-state index in [-0.39, 0.29) is 0 Å². The molecule has 1 heteroatoms. The zero-order valence-electron chi connectivity index (χ0n) is 11.1. The molecular formula is C15H30O. The van der Waals surface area contributed by atoms with Gasteiger partial charge in [0.15, 0.2) is 0 Å². The van der Waals surface area contributed by atoms with E-state index in [0.29, 0.717) is 12.5 Å². The van der Waals surface area contributed by atoms with Crippen molar-refractivity contribution in [3.63, 3.8) is 0 Å². The summed E-state index contributed by atoms with van der Waals surface area (Å²) in [4.78, 5) is 0. The van der Waals surface area contributed by atoms with Crippen LogP contribution < -0.4 is 0 Å². The van der Waals surface area contributed by atoms with Crippen LogP contribution in [-0.4, -0.2) is 11.7 Å². The lowest BCUT2D eigenvalue weighted by atomic mass is 9.87. The van der Waals surface area contributed by atoms with Gasteiger partial charge >= 0.3 is 0 Å². The Morgan fingerprint density at radius 2 is 1.62 bits per heavy atom. The van der Waals surface area contributed by atoms with Crippen LogP contribution in [0.3, 0.4) is 0 Å². The number of unbranched alkanes of at least 4 members (excludes halogenated alkanes) is 5. The molecule has 1 fully saturated rings. The monoisotopic (exact) mass is 226 g/mol. The highest BCUT2D eigenvalue weighted by Crippen LogP contribution is 2.33. The lowest BCUT2D eigenvalue weighted by Crippen LogP contribution is -2.15. The van der Waals surface area contributed by atoms with Crippen LogP contribution in [-0.2, 0) is 0 Å². The molecule has 1 rings (SSSR count). The minimum absolute atomic E-state index is 0.430. The molecular weight excluding hydrogens is 196 g/mol. The Labute approximate surface area is 102 Å². The van der Waals surface area contributed by atoms with Gasteiger partial charge in [-0.05, 0) is 18.3 Å². The summed E-state index contributed by atoms with van der Waals surface area (Å²) in [6.07, 6.45) is 15.1. The molecule has 0 amide bonds. The van der Waals surface area contributed by atoms with Crippen molar-refractivity contribution in [3.8, 4) is 0 Å². The van der Waals surface area contributed by atoms with Gasteiger partial charge in [-0.2, -0.15) is 0 Å². The van der Waals surface area contributed by atoms with Crippen LogP contribution in [0.1, 0.15) is 77.6 Å². The molecule has 1 nitrogen and oxygen atoms in total. The zero-order chi connectivity index (χ0) is 11.6. The molecule has 0 aromatic heterocycles. The van der Waals surface area contributed by atoms with Gasteiger partial charge in [0, 0.05) is 6.61 Å². The number of hydrogen-bond acceptors (Lipinski definition) is 1. The van der Waals surface area contributed by atoms with E-state index in [0.717, 1.165) is 5.92 Å². The van der Waals surface area contributed by atoms with E-state index in [1.165, 1.54) is 70.6 Å². The van der Waals surface area contributed by atoms with Crippen molar-refractivity contribution >= 4 is 0 Å². The van der Waals surface area contributed by atoms with Gasteiger partial charge in [-0.3, -0.25) is 0 Å². The highest BCUT2D eigenvalue weighted by molar-refractivity contribution is 4.74. The summed E-state index contributed by atoms with van der Waals surface area (Å²) in [5.41, 5.74) is 0. The number of aliphatic hydroxyl groups excluding tert-OH is 1. The first-order chi connectivity index (χ1) is 7.88. The predicted molar refractivity (Wildman–Crippen MR) is 70.5 cm³/mol. The van der Waals surface area contributed by atoms with Crippen molar-refractivity contribution in [3.05, 3.63) is 0 Å². The van der Waals surface area contributed by atoms with Crippen molar-refractivity contribution in [2.24, 2.45) is 11.8 Å². The topological polar surface area (TPSA) is 20.2 Å².